The molecular weight excluding hydrogens is 356 g/mol. The second-order valence-electron chi connectivity index (χ2n) is 7.65. The van der Waals surface area contributed by atoms with Crippen LogP contribution >= 0.6 is 0 Å². The Morgan fingerprint density at radius 2 is 1.75 bits per heavy atom. The molecule has 1 fully saturated rings. The van der Waals surface area contributed by atoms with Crippen molar-refractivity contribution in [2.24, 2.45) is 5.92 Å². The van der Waals surface area contributed by atoms with Crippen LogP contribution in [0, 0.1) is 19.8 Å². The highest BCUT2D eigenvalue weighted by Crippen LogP contribution is 2.20. The lowest BCUT2D eigenvalue weighted by atomic mass is 10.1. The molecular formula is C21H30N4O3. The number of aromatic nitrogens is 2. The number of carbonyl (C=O) groups is 1. The number of para-hydroxylation sites is 1. The molecule has 0 radical (unpaired) electrons. The number of benzene rings is 1. The van der Waals surface area contributed by atoms with Crippen LogP contribution in [0.2, 0.25) is 0 Å². The Balaban J connectivity index is 1.60. The molecule has 1 aromatic carbocycles. The number of amides is 1. The lowest BCUT2D eigenvalue weighted by Crippen LogP contribution is -2.48. The second-order valence-corrected chi connectivity index (χ2v) is 7.65. The van der Waals surface area contributed by atoms with Crippen molar-refractivity contribution in [2.45, 2.75) is 40.0 Å². The Morgan fingerprint density at radius 3 is 2.36 bits per heavy atom. The SMILES string of the molecule is Cc1nn(-c2ccccc2)c(C)c1CN1CCN(C(=O)CC(C)C(O)O)CC1. The molecule has 0 bridgehead atoms. The number of aliphatic hydroxyl groups excluding tert-OH is 1. The first-order chi connectivity index (χ1) is 13.4. The third-order valence-corrected chi connectivity index (χ3v) is 5.55. The van der Waals surface area contributed by atoms with Gasteiger partial charge in [-0.25, -0.2) is 4.68 Å². The zero-order chi connectivity index (χ0) is 20.3. The number of rotatable bonds is 6. The first-order valence-electron chi connectivity index (χ1n) is 9.83. The van der Waals surface area contributed by atoms with E-state index < -0.39 is 12.2 Å². The Labute approximate surface area is 166 Å². The van der Waals surface area contributed by atoms with Gasteiger partial charge in [-0.15, -0.1) is 0 Å². The first kappa shape index (κ1) is 20.5. The van der Waals surface area contributed by atoms with Gasteiger partial charge in [0.2, 0.25) is 5.91 Å². The van der Waals surface area contributed by atoms with Crippen LogP contribution in [0.25, 0.3) is 5.69 Å². The number of piperazine rings is 1. The van der Waals surface area contributed by atoms with Gasteiger partial charge >= 0.3 is 0 Å². The molecule has 0 aliphatic carbocycles. The molecule has 28 heavy (non-hydrogen) atoms. The monoisotopic (exact) mass is 386 g/mol. The van der Waals surface area contributed by atoms with Gasteiger partial charge in [0.25, 0.3) is 0 Å². The van der Waals surface area contributed by atoms with E-state index in [2.05, 4.69) is 24.0 Å². The number of aryl methyl sites for hydroxylation is 1. The minimum Gasteiger partial charge on any atom is -0.368 e. The van der Waals surface area contributed by atoms with Crippen molar-refractivity contribution in [3.05, 3.63) is 47.3 Å². The molecule has 7 heteroatoms. The first-order valence-corrected chi connectivity index (χ1v) is 9.83. The summed E-state index contributed by atoms with van der Waals surface area (Å²) in [5.41, 5.74) is 4.48. The van der Waals surface area contributed by atoms with Crippen molar-refractivity contribution in [1.82, 2.24) is 19.6 Å². The molecule has 3 rings (SSSR count). The fourth-order valence-corrected chi connectivity index (χ4v) is 3.61. The molecule has 152 valence electrons. The summed E-state index contributed by atoms with van der Waals surface area (Å²) < 4.78 is 1.99. The molecule has 0 saturated carbocycles. The molecule has 2 heterocycles. The lowest BCUT2D eigenvalue weighted by Gasteiger charge is -2.35. The molecule has 1 aliphatic heterocycles. The highest BCUT2D eigenvalue weighted by Gasteiger charge is 2.25. The van der Waals surface area contributed by atoms with Gasteiger partial charge in [-0.3, -0.25) is 9.69 Å². The van der Waals surface area contributed by atoms with Crippen molar-refractivity contribution < 1.29 is 15.0 Å². The van der Waals surface area contributed by atoms with Gasteiger partial charge in [-0.2, -0.15) is 5.10 Å². The van der Waals surface area contributed by atoms with Gasteiger partial charge in [-0.1, -0.05) is 25.1 Å². The fraction of sp³-hybridized carbons (Fsp3) is 0.524. The van der Waals surface area contributed by atoms with Crippen LogP contribution < -0.4 is 0 Å². The molecule has 1 aromatic heterocycles. The number of aliphatic hydroxyl groups is 2. The van der Waals surface area contributed by atoms with Crippen LogP contribution in [-0.4, -0.2) is 68.2 Å². The van der Waals surface area contributed by atoms with Crippen LogP contribution in [0.5, 0.6) is 0 Å². The minimum absolute atomic E-state index is 0.00971. The van der Waals surface area contributed by atoms with E-state index in [-0.39, 0.29) is 12.3 Å². The summed E-state index contributed by atoms with van der Waals surface area (Å²) in [5, 5.41) is 23.1. The average Bonchev–Trinajstić information content (AvgIpc) is 2.97. The van der Waals surface area contributed by atoms with E-state index in [1.807, 2.05) is 34.7 Å². The Morgan fingerprint density at radius 1 is 1.11 bits per heavy atom. The Bertz CT molecular complexity index is 795. The molecule has 2 aromatic rings. The highest BCUT2D eigenvalue weighted by atomic mass is 16.5. The largest absolute Gasteiger partial charge is 0.368 e. The molecule has 1 saturated heterocycles. The average molecular weight is 386 g/mol. The highest BCUT2D eigenvalue weighted by molar-refractivity contribution is 5.76. The van der Waals surface area contributed by atoms with E-state index in [0.29, 0.717) is 13.1 Å². The number of hydrogen-bond acceptors (Lipinski definition) is 5. The van der Waals surface area contributed by atoms with Crippen LogP contribution in [0.4, 0.5) is 0 Å². The molecule has 2 N–H and O–H groups in total. The number of hydrogen-bond donors (Lipinski definition) is 2. The molecule has 0 spiro atoms. The van der Waals surface area contributed by atoms with Gasteiger partial charge in [0, 0.05) is 56.3 Å². The Hall–Kier alpha value is -2.22. The third-order valence-electron chi connectivity index (χ3n) is 5.55. The summed E-state index contributed by atoms with van der Waals surface area (Å²) >= 11 is 0. The molecule has 7 nitrogen and oxygen atoms in total. The van der Waals surface area contributed by atoms with Gasteiger partial charge in [0.1, 0.15) is 0 Å². The lowest BCUT2D eigenvalue weighted by molar-refractivity contribution is -0.139. The van der Waals surface area contributed by atoms with Gasteiger partial charge in [0.05, 0.1) is 11.4 Å². The summed E-state index contributed by atoms with van der Waals surface area (Å²) in [6.07, 6.45) is -1.28. The standard InChI is InChI=1S/C21H30N4O3/c1-15(21(27)28)13-20(26)24-11-9-23(10-12-24)14-19-16(2)22-25(17(19)3)18-7-5-4-6-8-18/h4-8,15,21,27-28H,9-14H2,1-3H3. The van der Waals surface area contributed by atoms with E-state index >= 15 is 0 Å². The quantitative estimate of drug-likeness (QED) is 0.735. The van der Waals surface area contributed by atoms with E-state index in [9.17, 15) is 15.0 Å². The summed E-state index contributed by atoms with van der Waals surface area (Å²) in [5.74, 6) is -0.454. The van der Waals surface area contributed by atoms with E-state index in [0.717, 1.165) is 36.7 Å². The van der Waals surface area contributed by atoms with Crippen molar-refractivity contribution in [3.8, 4) is 5.69 Å². The summed E-state index contributed by atoms with van der Waals surface area (Å²) in [7, 11) is 0. The van der Waals surface area contributed by atoms with E-state index in [1.165, 1.54) is 5.56 Å². The normalized spacial score (nSPS) is 16.6. The topological polar surface area (TPSA) is 81.8 Å². The van der Waals surface area contributed by atoms with E-state index in [1.54, 1.807) is 6.92 Å². The van der Waals surface area contributed by atoms with Gasteiger partial charge in [0.15, 0.2) is 6.29 Å². The summed E-state index contributed by atoms with van der Waals surface area (Å²) in [4.78, 5) is 16.5. The third kappa shape index (κ3) is 4.60. The molecule has 1 unspecified atom stereocenters. The summed E-state index contributed by atoms with van der Waals surface area (Å²) in [6.45, 7) is 9.57. The smallest absolute Gasteiger partial charge is 0.223 e. The van der Waals surface area contributed by atoms with Gasteiger partial charge in [-0.05, 0) is 26.0 Å². The fourth-order valence-electron chi connectivity index (χ4n) is 3.61. The van der Waals surface area contributed by atoms with Gasteiger partial charge < -0.3 is 15.1 Å². The maximum Gasteiger partial charge on any atom is 0.223 e. The Kier molecular flexibility index (Phi) is 6.49. The molecule has 1 aliphatic rings. The van der Waals surface area contributed by atoms with Crippen LogP contribution in [0.1, 0.15) is 30.3 Å². The van der Waals surface area contributed by atoms with Crippen LogP contribution in [0.15, 0.2) is 30.3 Å². The van der Waals surface area contributed by atoms with E-state index in [4.69, 9.17) is 5.10 Å². The zero-order valence-electron chi connectivity index (χ0n) is 16.9. The predicted octanol–water partition coefficient (Wildman–Crippen LogP) is 1.47. The zero-order valence-corrected chi connectivity index (χ0v) is 16.9. The molecule has 1 atom stereocenters. The van der Waals surface area contributed by atoms with Crippen molar-refractivity contribution in [1.29, 1.82) is 0 Å². The van der Waals surface area contributed by atoms with Crippen molar-refractivity contribution >= 4 is 5.91 Å². The van der Waals surface area contributed by atoms with Crippen molar-refractivity contribution in [3.63, 3.8) is 0 Å². The molecule has 1 amide bonds. The van der Waals surface area contributed by atoms with Crippen LogP contribution in [0.3, 0.4) is 0 Å². The summed E-state index contributed by atoms with van der Waals surface area (Å²) in [6, 6.07) is 10.1. The minimum atomic E-state index is -1.45. The predicted molar refractivity (Wildman–Crippen MR) is 107 cm³/mol. The number of nitrogens with zero attached hydrogens (tertiary/aromatic N) is 4. The van der Waals surface area contributed by atoms with Crippen molar-refractivity contribution in [2.75, 3.05) is 26.2 Å². The van der Waals surface area contributed by atoms with Crippen LogP contribution in [-0.2, 0) is 11.3 Å². The maximum absolute atomic E-state index is 12.3. The number of carbonyl (C=O) groups excluding carboxylic acids is 1. The maximum atomic E-state index is 12.3. The second kappa shape index (κ2) is 8.86.